The minimum atomic E-state index is 0.694. The Morgan fingerprint density at radius 2 is 1.76 bits per heavy atom. The number of nitrogens with one attached hydrogen (secondary N) is 1. The summed E-state index contributed by atoms with van der Waals surface area (Å²) in [6, 6.07) is 8.51. The topological polar surface area (TPSA) is 33.7 Å². The van der Waals surface area contributed by atoms with E-state index in [1.165, 1.54) is 25.7 Å². The largest absolute Gasteiger partial charge is 0.497 e. The zero-order chi connectivity index (χ0) is 14.9. The van der Waals surface area contributed by atoms with E-state index in [2.05, 4.69) is 17.3 Å². The van der Waals surface area contributed by atoms with Crippen LogP contribution in [0.4, 0.5) is 0 Å². The summed E-state index contributed by atoms with van der Waals surface area (Å²) in [4.78, 5) is 2.49. The standard InChI is InChI=1S/C17H28N2O2/c1-19(15-5-3-4-6-15)13-11-18-12-14-21-17-9-7-16(20-2)8-10-17/h7-10,15,18H,3-6,11-14H2,1-2H3. The smallest absolute Gasteiger partial charge is 0.119 e. The summed E-state index contributed by atoms with van der Waals surface area (Å²) in [7, 11) is 3.91. The fraction of sp³-hybridized carbons (Fsp3) is 0.647. The molecule has 118 valence electrons. The maximum atomic E-state index is 5.68. The number of hydrogen-bond donors (Lipinski definition) is 1. The lowest BCUT2D eigenvalue weighted by molar-refractivity contribution is 0.241. The number of methoxy groups -OCH3 is 1. The summed E-state index contributed by atoms with van der Waals surface area (Å²) in [5, 5.41) is 3.44. The van der Waals surface area contributed by atoms with Crippen molar-refractivity contribution in [3.8, 4) is 11.5 Å². The van der Waals surface area contributed by atoms with Crippen molar-refractivity contribution in [2.75, 3.05) is 40.4 Å². The van der Waals surface area contributed by atoms with Gasteiger partial charge in [0.25, 0.3) is 0 Å². The molecule has 0 aromatic heterocycles. The first-order valence-corrected chi connectivity index (χ1v) is 7.97. The number of rotatable bonds is 9. The maximum Gasteiger partial charge on any atom is 0.119 e. The number of likely N-dealkylation sites (N-methyl/N-ethyl adjacent to an activating group) is 1. The SMILES string of the molecule is COc1ccc(OCCNCCN(C)C2CCCC2)cc1. The van der Waals surface area contributed by atoms with Crippen LogP contribution in [0.15, 0.2) is 24.3 Å². The number of hydrogen-bond acceptors (Lipinski definition) is 4. The van der Waals surface area contributed by atoms with Crippen LogP contribution in [0.1, 0.15) is 25.7 Å². The molecule has 1 aromatic carbocycles. The molecule has 21 heavy (non-hydrogen) atoms. The lowest BCUT2D eigenvalue weighted by Gasteiger charge is -2.23. The van der Waals surface area contributed by atoms with Crippen molar-refractivity contribution in [1.29, 1.82) is 0 Å². The average molecular weight is 292 g/mol. The average Bonchev–Trinajstić information content (AvgIpc) is 3.05. The summed E-state index contributed by atoms with van der Waals surface area (Å²) in [6.07, 6.45) is 5.55. The molecule has 4 heteroatoms. The van der Waals surface area contributed by atoms with Crippen molar-refractivity contribution < 1.29 is 9.47 Å². The molecule has 0 atom stereocenters. The molecule has 0 unspecified atom stereocenters. The van der Waals surface area contributed by atoms with E-state index in [4.69, 9.17) is 9.47 Å². The zero-order valence-electron chi connectivity index (χ0n) is 13.3. The van der Waals surface area contributed by atoms with E-state index < -0.39 is 0 Å². The molecule has 0 spiro atoms. The van der Waals surface area contributed by atoms with Gasteiger partial charge in [0.2, 0.25) is 0 Å². The Bertz CT molecular complexity index is 388. The van der Waals surface area contributed by atoms with Crippen LogP contribution < -0.4 is 14.8 Å². The molecular weight excluding hydrogens is 264 g/mol. The first-order valence-electron chi connectivity index (χ1n) is 7.97. The fourth-order valence-corrected chi connectivity index (χ4v) is 2.82. The molecule has 0 saturated heterocycles. The second-order valence-electron chi connectivity index (χ2n) is 5.69. The van der Waals surface area contributed by atoms with Crippen LogP contribution in [0.25, 0.3) is 0 Å². The highest BCUT2D eigenvalue weighted by atomic mass is 16.5. The fourth-order valence-electron chi connectivity index (χ4n) is 2.82. The number of benzene rings is 1. The van der Waals surface area contributed by atoms with Gasteiger partial charge in [0.05, 0.1) is 7.11 Å². The first-order chi connectivity index (χ1) is 10.3. The van der Waals surface area contributed by atoms with Crippen LogP contribution in [-0.2, 0) is 0 Å². The minimum Gasteiger partial charge on any atom is -0.497 e. The van der Waals surface area contributed by atoms with Crippen LogP contribution in [0, 0.1) is 0 Å². The van der Waals surface area contributed by atoms with Crippen molar-refractivity contribution in [3.63, 3.8) is 0 Å². The van der Waals surface area contributed by atoms with Crippen LogP contribution in [-0.4, -0.2) is 51.3 Å². The van der Waals surface area contributed by atoms with Gasteiger partial charge in [-0.2, -0.15) is 0 Å². The molecule has 0 amide bonds. The summed E-state index contributed by atoms with van der Waals surface area (Å²) < 4.78 is 10.8. The van der Waals surface area contributed by atoms with E-state index in [0.717, 1.165) is 37.2 Å². The van der Waals surface area contributed by atoms with Crippen LogP contribution in [0.3, 0.4) is 0 Å². The Hall–Kier alpha value is -1.26. The summed E-state index contributed by atoms with van der Waals surface area (Å²) in [5.41, 5.74) is 0. The van der Waals surface area contributed by atoms with Gasteiger partial charge in [-0.05, 0) is 44.2 Å². The molecule has 1 aliphatic carbocycles. The van der Waals surface area contributed by atoms with Crippen LogP contribution >= 0.6 is 0 Å². The third-order valence-electron chi connectivity index (χ3n) is 4.20. The van der Waals surface area contributed by atoms with E-state index in [-0.39, 0.29) is 0 Å². The van der Waals surface area contributed by atoms with Gasteiger partial charge < -0.3 is 19.7 Å². The van der Waals surface area contributed by atoms with E-state index in [1.54, 1.807) is 7.11 Å². The van der Waals surface area contributed by atoms with Crippen LogP contribution in [0.2, 0.25) is 0 Å². The summed E-state index contributed by atoms with van der Waals surface area (Å²) in [5.74, 6) is 1.75. The normalized spacial score (nSPS) is 15.6. The van der Waals surface area contributed by atoms with Crippen molar-refractivity contribution in [3.05, 3.63) is 24.3 Å². The van der Waals surface area contributed by atoms with Gasteiger partial charge in [-0.25, -0.2) is 0 Å². The lowest BCUT2D eigenvalue weighted by atomic mass is 10.2. The van der Waals surface area contributed by atoms with E-state index in [9.17, 15) is 0 Å². The lowest BCUT2D eigenvalue weighted by Crippen LogP contribution is -2.36. The molecule has 0 radical (unpaired) electrons. The molecule has 2 rings (SSSR count). The molecule has 4 nitrogen and oxygen atoms in total. The molecule has 1 aliphatic rings. The predicted molar refractivity (Wildman–Crippen MR) is 86.2 cm³/mol. The van der Waals surface area contributed by atoms with Gasteiger partial charge in [0.1, 0.15) is 18.1 Å². The summed E-state index contributed by atoms with van der Waals surface area (Å²) in [6.45, 7) is 3.72. The van der Waals surface area contributed by atoms with Gasteiger partial charge in [-0.1, -0.05) is 12.8 Å². The third-order valence-corrected chi connectivity index (χ3v) is 4.20. The Morgan fingerprint density at radius 1 is 1.10 bits per heavy atom. The van der Waals surface area contributed by atoms with Crippen molar-refractivity contribution in [2.45, 2.75) is 31.7 Å². The maximum absolute atomic E-state index is 5.68. The highest BCUT2D eigenvalue weighted by molar-refractivity contribution is 5.31. The van der Waals surface area contributed by atoms with E-state index in [0.29, 0.717) is 6.61 Å². The monoisotopic (exact) mass is 292 g/mol. The Labute approximate surface area is 128 Å². The molecule has 0 aliphatic heterocycles. The molecule has 1 saturated carbocycles. The molecule has 0 heterocycles. The quantitative estimate of drug-likeness (QED) is 0.709. The molecule has 1 N–H and O–H groups in total. The second kappa shape index (κ2) is 8.90. The minimum absolute atomic E-state index is 0.694. The third kappa shape index (κ3) is 5.56. The number of ether oxygens (including phenoxy) is 2. The highest BCUT2D eigenvalue weighted by Gasteiger charge is 2.18. The zero-order valence-corrected chi connectivity index (χ0v) is 13.3. The van der Waals surface area contributed by atoms with Crippen molar-refractivity contribution in [1.82, 2.24) is 10.2 Å². The first kappa shape index (κ1) is 16.1. The van der Waals surface area contributed by atoms with Crippen molar-refractivity contribution >= 4 is 0 Å². The van der Waals surface area contributed by atoms with Gasteiger partial charge in [-0.3, -0.25) is 0 Å². The predicted octanol–water partition coefficient (Wildman–Crippen LogP) is 2.54. The Kier molecular flexibility index (Phi) is 6.83. The second-order valence-corrected chi connectivity index (χ2v) is 5.69. The number of nitrogens with zero attached hydrogens (tertiary/aromatic N) is 1. The molecule has 0 bridgehead atoms. The molecule has 1 fully saturated rings. The van der Waals surface area contributed by atoms with E-state index >= 15 is 0 Å². The van der Waals surface area contributed by atoms with Gasteiger partial charge in [-0.15, -0.1) is 0 Å². The Morgan fingerprint density at radius 3 is 2.43 bits per heavy atom. The molecular formula is C17H28N2O2. The van der Waals surface area contributed by atoms with Crippen molar-refractivity contribution in [2.24, 2.45) is 0 Å². The Balaban J connectivity index is 1.51. The van der Waals surface area contributed by atoms with Gasteiger partial charge >= 0.3 is 0 Å². The van der Waals surface area contributed by atoms with Crippen LogP contribution in [0.5, 0.6) is 11.5 Å². The molecule has 1 aromatic rings. The highest BCUT2D eigenvalue weighted by Crippen LogP contribution is 2.21. The van der Waals surface area contributed by atoms with Gasteiger partial charge in [0, 0.05) is 25.7 Å². The summed E-state index contributed by atoms with van der Waals surface area (Å²) >= 11 is 0. The van der Waals surface area contributed by atoms with E-state index in [1.807, 2.05) is 24.3 Å². The van der Waals surface area contributed by atoms with Gasteiger partial charge in [0.15, 0.2) is 0 Å².